The first-order valence-corrected chi connectivity index (χ1v) is 7.72. The van der Waals surface area contributed by atoms with Crippen LogP contribution in [0.2, 0.25) is 0 Å². The Hall–Kier alpha value is -0.860. The molecule has 1 heterocycles. The van der Waals surface area contributed by atoms with Gasteiger partial charge in [0.2, 0.25) is 0 Å². The summed E-state index contributed by atoms with van der Waals surface area (Å²) in [6.07, 6.45) is 3.90. The normalized spacial score (nSPS) is 23.3. The molecule has 1 N–H and O–H groups in total. The van der Waals surface area contributed by atoms with Crippen LogP contribution < -0.4 is 5.32 Å². The second-order valence-corrected chi connectivity index (χ2v) is 6.06. The Labute approximate surface area is 118 Å². The van der Waals surface area contributed by atoms with E-state index >= 15 is 0 Å². The molecule has 1 unspecified atom stereocenters. The van der Waals surface area contributed by atoms with E-state index in [0.29, 0.717) is 18.1 Å². The van der Waals surface area contributed by atoms with Gasteiger partial charge in [-0.15, -0.1) is 0 Å². The maximum Gasteiger partial charge on any atom is 0.0294 e. The molecule has 0 bridgehead atoms. The van der Waals surface area contributed by atoms with E-state index in [4.69, 9.17) is 0 Å². The molecule has 0 spiro atoms. The summed E-state index contributed by atoms with van der Waals surface area (Å²) in [4.78, 5) is 2.61. The van der Waals surface area contributed by atoms with Gasteiger partial charge < -0.3 is 10.2 Å². The first-order valence-electron chi connectivity index (χ1n) is 7.72. The van der Waals surface area contributed by atoms with Crippen molar-refractivity contribution >= 4 is 0 Å². The minimum Gasteiger partial charge on any atom is -0.307 e. The lowest BCUT2D eigenvalue weighted by atomic mass is 10.0. The van der Waals surface area contributed by atoms with Crippen LogP contribution in [-0.2, 0) is 0 Å². The zero-order valence-electron chi connectivity index (χ0n) is 12.6. The summed E-state index contributed by atoms with van der Waals surface area (Å²) < 4.78 is 0. The molecule has 1 saturated heterocycles. The summed E-state index contributed by atoms with van der Waals surface area (Å²) in [6, 6.07) is 12.6. The highest BCUT2D eigenvalue weighted by Crippen LogP contribution is 2.18. The average Bonchev–Trinajstić information content (AvgIpc) is 2.65. The van der Waals surface area contributed by atoms with Crippen molar-refractivity contribution in [1.82, 2.24) is 10.2 Å². The highest BCUT2D eigenvalue weighted by molar-refractivity contribution is 5.18. The molecule has 1 fully saturated rings. The second-order valence-electron chi connectivity index (χ2n) is 6.06. The Balaban J connectivity index is 1.86. The maximum atomic E-state index is 3.81. The molecule has 1 aliphatic rings. The van der Waals surface area contributed by atoms with E-state index < -0.39 is 0 Å². The van der Waals surface area contributed by atoms with E-state index in [2.05, 4.69) is 61.3 Å². The van der Waals surface area contributed by atoms with Gasteiger partial charge in [0.05, 0.1) is 0 Å². The zero-order chi connectivity index (χ0) is 13.7. The molecule has 106 valence electrons. The molecule has 0 amide bonds. The first-order chi connectivity index (χ1) is 9.16. The smallest absolute Gasteiger partial charge is 0.0294 e. The number of hydrogen-bond donors (Lipinski definition) is 1. The topological polar surface area (TPSA) is 15.3 Å². The van der Waals surface area contributed by atoms with Crippen molar-refractivity contribution in [2.24, 2.45) is 0 Å². The molecule has 2 rings (SSSR count). The van der Waals surface area contributed by atoms with Gasteiger partial charge in [0.15, 0.2) is 0 Å². The van der Waals surface area contributed by atoms with Crippen LogP contribution in [0.5, 0.6) is 0 Å². The zero-order valence-corrected chi connectivity index (χ0v) is 12.6. The molecule has 1 aromatic carbocycles. The van der Waals surface area contributed by atoms with E-state index in [9.17, 15) is 0 Å². The first kappa shape index (κ1) is 14.5. The molecular formula is C17H28N2. The van der Waals surface area contributed by atoms with E-state index in [1.807, 2.05) is 0 Å². The van der Waals surface area contributed by atoms with Crippen LogP contribution in [0.15, 0.2) is 30.3 Å². The minimum atomic E-state index is 0.455. The molecule has 2 nitrogen and oxygen atoms in total. The van der Waals surface area contributed by atoms with Gasteiger partial charge in [0.1, 0.15) is 0 Å². The molecule has 19 heavy (non-hydrogen) atoms. The Kier molecular flexibility index (Phi) is 5.41. The summed E-state index contributed by atoms with van der Waals surface area (Å²) in [7, 11) is 0. The summed E-state index contributed by atoms with van der Waals surface area (Å²) in [5, 5.41) is 3.81. The quantitative estimate of drug-likeness (QED) is 0.890. The van der Waals surface area contributed by atoms with Crippen LogP contribution in [0.4, 0.5) is 0 Å². The summed E-state index contributed by atoms with van der Waals surface area (Å²) in [6.45, 7) is 9.38. The fourth-order valence-corrected chi connectivity index (χ4v) is 2.99. The summed E-state index contributed by atoms with van der Waals surface area (Å²) in [5.41, 5.74) is 1.40. The monoisotopic (exact) mass is 260 g/mol. The Morgan fingerprint density at radius 1 is 1.05 bits per heavy atom. The number of nitrogens with zero attached hydrogens (tertiary/aromatic N) is 1. The molecule has 0 aliphatic carbocycles. The minimum absolute atomic E-state index is 0.455. The van der Waals surface area contributed by atoms with Crippen molar-refractivity contribution in [3.63, 3.8) is 0 Å². The molecule has 1 aliphatic heterocycles. The molecule has 0 radical (unpaired) electrons. The van der Waals surface area contributed by atoms with Gasteiger partial charge in [0, 0.05) is 18.1 Å². The van der Waals surface area contributed by atoms with Gasteiger partial charge >= 0.3 is 0 Å². The molecule has 2 heteroatoms. The summed E-state index contributed by atoms with van der Waals surface area (Å²) in [5.74, 6) is 0. The fourth-order valence-electron chi connectivity index (χ4n) is 2.99. The average molecular weight is 260 g/mol. The van der Waals surface area contributed by atoms with E-state index in [1.165, 1.54) is 37.9 Å². The molecule has 2 atom stereocenters. The molecule has 0 saturated carbocycles. The van der Waals surface area contributed by atoms with Crippen LogP contribution in [0.1, 0.15) is 51.6 Å². The number of nitrogens with one attached hydrogen (secondary N) is 1. The highest BCUT2D eigenvalue weighted by Gasteiger charge is 2.19. The van der Waals surface area contributed by atoms with Crippen LogP contribution in [0, 0.1) is 0 Å². The van der Waals surface area contributed by atoms with Gasteiger partial charge in [-0.05, 0) is 58.7 Å². The van der Waals surface area contributed by atoms with Gasteiger partial charge in [-0.3, -0.25) is 0 Å². The summed E-state index contributed by atoms with van der Waals surface area (Å²) >= 11 is 0. The second kappa shape index (κ2) is 7.06. The number of rotatable bonds is 4. The van der Waals surface area contributed by atoms with E-state index in [-0.39, 0.29) is 0 Å². The van der Waals surface area contributed by atoms with Gasteiger partial charge in [-0.2, -0.15) is 0 Å². The lowest BCUT2D eigenvalue weighted by molar-refractivity contribution is 0.228. The van der Waals surface area contributed by atoms with E-state index in [1.54, 1.807) is 0 Å². The standard InChI is InChI=1S/C17H28N2/c1-14(2)19-12-7-10-17(11-13-19)18-15(3)16-8-5-4-6-9-16/h4-6,8-9,14-15,17-18H,7,10-13H2,1-3H3/t15-,17?/m1/s1. The third-order valence-corrected chi connectivity index (χ3v) is 4.28. The van der Waals surface area contributed by atoms with Crippen molar-refractivity contribution in [3.05, 3.63) is 35.9 Å². The lowest BCUT2D eigenvalue weighted by Gasteiger charge is -2.25. The number of hydrogen-bond acceptors (Lipinski definition) is 2. The predicted octanol–water partition coefficient (Wildman–Crippen LogP) is 3.60. The SMILES string of the molecule is CC(C)N1CCCC(N[C@H](C)c2ccccc2)CC1. The molecule has 1 aromatic rings. The van der Waals surface area contributed by atoms with Crippen LogP contribution in [-0.4, -0.2) is 30.1 Å². The Bertz CT molecular complexity index is 361. The van der Waals surface area contributed by atoms with Crippen molar-refractivity contribution in [1.29, 1.82) is 0 Å². The van der Waals surface area contributed by atoms with Crippen LogP contribution >= 0.6 is 0 Å². The number of benzene rings is 1. The maximum absolute atomic E-state index is 3.81. The Morgan fingerprint density at radius 2 is 1.79 bits per heavy atom. The highest BCUT2D eigenvalue weighted by atomic mass is 15.1. The van der Waals surface area contributed by atoms with Crippen LogP contribution in [0.25, 0.3) is 0 Å². The number of likely N-dealkylation sites (tertiary alicyclic amines) is 1. The molecular weight excluding hydrogens is 232 g/mol. The van der Waals surface area contributed by atoms with Crippen molar-refractivity contribution in [2.45, 2.75) is 58.2 Å². The Morgan fingerprint density at radius 3 is 2.47 bits per heavy atom. The van der Waals surface area contributed by atoms with Crippen molar-refractivity contribution in [3.8, 4) is 0 Å². The third kappa shape index (κ3) is 4.32. The van der Waals surface area contributed by atoms with Crippen LogP contribution in [0.3, 0.4) is 0 Å². The fraction of sp³-hybridized carbons (Fsp3) is 0.647. The van der Waals surface area contributed by atoms with Gasteiger partial charge in [-0.1, -0.05) is 30.3 Å². The van der Waals surface area contributed by atoms with Gasteiger partial charge in [0.25, 0.3) is 0 Å². The third-order valence-electron chi connectivity index (χ3n) is 4.28. The predicted molar refractivity (Wildman–Crippen MR) is 82.3 cm³/mol. The molecule has 0 aromatic heterocycles. The van der Waals surface area contributed by atoms with Crippen molar-refractivity contribution in [2.75, 3.05) is 13.1 Å². The van der Waals surface area contributed by atoms with E-state index in [0.717, 1.165) is 0 Å². The lowest BCUT2D eigenvalue weighted by Crippen LogP contribution is -2.34. The van der Waals surface area contributed by atoms with Crippen molar-refractivity contribution < 1.29 is 0 Å². The largest absolute Gasteiger partial charge is 0.307 e. The van der Waals surface area contributed by atoms with Gasteiger partial charge in [-0.25, -0.2) is 0 Å².